The summed E-state index contributed by atoms with van der Waals surface area (Å²) >= 11 is 0. The normalized spacial score (nSPS) is 10.7. The molecule has 0 bridgehead atoms. The Labute approximate surface area is 117 Å². The van der Waals surface area contributed by atoms with Gasteiger partial charge in [0.05, 0.1) is 23.1 Å². The summed E-state index contributed by atoms with van der Waals surface area (Å²) in [4.78, 5) is 2.06. The molecule has 2 aromatic carbocycles. The SMILES string of the molecule is CN(C)c1cccc(Nc2cc3[nH]ncc3cc2N)c1. The van der Waals surface area contributed by atoms with E-state index in [4.69, 9.17) is 5.73 Å². The summed E-state index contributed by atoms with van der Waals surface area (Å²) < 4.78 is 0. The van der Waals surface area contributed by atoms with Crippen molar-refractivity contribution in [3.63, 3.8) is 0 Å². The van der Waals surface area contributed by atoms with Crippen LogP contribution in [0.25, 0.3) is 10.9 Å². The second-order valence-electron chi connectivity index (χ2n) is 4.97. The number of aromatic amines is 1. The molecule has 0 radical (unpaired) electrons. The summed E-state index contributed by atoms with van der Waals surface area (Å²) in [6.07, 6.45) is 1.77. The molecule has 0 spiro atoms. The molecule has 0 amide bonds. The van der Waals surface area contributed by atoms with Crippen molar-refractivity contribution >= 4 is 33.7 Å². The zero-order valence-electron chi connectivity index (χ0n) is 11.5. The van der Waals surface area contributed by atoms with Gasteiger partial charge in [0.2, 0.25) is 0 Å². The summed E-state index contributed by atoms with van der Waals surface area (Å²) in [7, 11) is 4.04. The zero-order valence-corrected chi connectivity index (χ0v) is 11.5. The first-order valence-corrected chi connectivity index (χ1v) is 6.40. The van der Waals surface area contributed by atoms with Crippen molar-refractivity contribution in [3.8, 4) is 0 Å². The molecule has 1 heterocycles. The lowest BCUT2D eigenvalue weighted by Gasteiger charge is -2.15. The lowest BCUT2D eigenvalue weighted by Crippen LogP contribution is -2.08. The molecular weight excluding hydrogens is 250 g/mol. The predicted molar refractivity (Wildman–Crippen MR) is 84.6 cm³/mol. The number of hydrogen-bond acceptors (Lipinski definition) is 4. The highest BCUT2D eigenvalue weighted by Gasteiger charge is 2.05. The number of nitrogens with two attached hydrogens (primary N) is 1. The van der Waals surface area contributed by atoms with Gasteiger partial charge >= 0.3 is 0 Å². The second-order valence-corrected chi connectivity index (χ2v) is 4.97. The van der Waals surface area contributed by atoms with Gasteiger partial charge in [0.25, 0.3) is 0 Å². The van der Waals surface area contributed by atoms with Crippen LogP contribution in [0.3, 0.4) is 0 Å². The third-order valence-electron chi connectivity index (χ3n) is 3.25. The molecule has 0 aliphatic carbocycles. The fourth-order valence-electron chi connectivity index (χ4n) is 2.13. The van der Waals surface area contributed by atoms with E-state index in [1.807, 2.05) is 38.4 Å². The quantitative estimate of drug-likeness (QED) is 0.638. The first-order valence-electron chi connectivity index (χ1n) is 6.40. The van der Waals surface area contributed by atoms with E-state index in [9.17, 15) is 0 Å². The van der Waals surface area contributed by atoms with Crippen LogP contribution in [0.2, 0.25) is 0 Å². The number of hydrogen-bond donors (Lipinski definition) is 3. The first kappa shape index (κ1) is 12.3. The maximum atomic E-state index is 6.08. The summed E-state index contributed by atoms with van der Waals surface area (Å²) in [5.74, 6) is 0. The Balaban J connectivity index is 1.96. The second kappa shape index (κ2) is 4.77. The Kier molecular flexibility index (Phi) is 2.95. The van der Waals surface area contributed by atoms with Crippen molar-refractivity contribution in [2.24, 2.45) is 0 Å². The number of benzene rings is 2. The van der Waals surface area contributed by atoms with Gasteiger partial charge in [0, 0.05) is 30.9 Å². The molecule has 0 atom stereocenters. The van der Waals surface area contributed by atoms with Crippen molar-refractivity contribution in [1.29, 1.82) is 0 Å². The first-order chi connectivity index (χ1) is 9.63. The number of nitrogens with zero attached hydrogens (tertiary/aromatic N) is 2. The largest absolute Gasteiger partial charge is 0.397 e. The maximum Gasteiger partial charge on any atom is 0.0672 e. The van der Waals surface area contributed by atoms with Gasteiger partial charge in [-0.15, -0.1) is 0 Å². The average molecular weight is 267 g/mol. The third kappa shape index (κ3) is 2.25. The number of anilines is 4. The molecule has 5 nitrogen and oxygen atoms in total. The molecule has 3 rings (SSSR count). The van der Waals surface area contributed by atoms with E-state index in [2.05, 4.69) is 32.5 Å². The highest BCUT2D eigenvalue weighted by Crippen LogP contribution is 2.28. The molecule has 0 saturated carbocycles. The summed E-state index contributed by atoms with van der Waals surface area (Å²) in [6.45, 7) is 0. The molecule has 4 N–H and O–H groups in total. The Morgan fingerprint density at radius 3 is 2.85 bits per heavy atom. The zero-order chi connectivity index (χ0) is 14.1. The van der Waals surface area contributed by atoms with Gasteiger partial charge in [0.15, 0.2) is 0 Å². The van der Waals surface area contributed by atoms with E-state index in [0.717, 1.165) is 28.0 Å². The van der Waals surface area contributed by atoms with Gasteiger partial charge in [-0.1, -0.05) is 6.07 Å². The van der Waals surface area contributed by atoms with E-state index in [-0.39, 0.29) is 0 Å². The molecule has 5 heteroatoms. The highest BCUT2D eigenvalue weighted by molar-refractivity contribution is 5.90. The average Bonchev–Trinajstić information content (AvgIpc) is 2.86. The van der Waals surface area contributed by atoms with Gasteiger partial charge in [-0.25, -0.2) is 0 Å². The Hall–Kier alpha value is -2.69. The van der Waals surface area contributed by atoms with Crippen LogP contribution in [0.5, 0.6) is 0 Å². The minimum Gasteiger partial charge on any atom is -0.397 e. The van der Waals surface area contributed by atoms with Crippen LogP contribution >= 0.6 is 0 Å². The van der Waals surface area contributed by atoms with Crippen LogP contribution < -0.4 is 16.0 Å². The lowest BCUT2D eigenvalue weighted by atomic mass is 10.2. The third-order valence-corrected chi connectivity index (χ3v) is 3.25. The number of rotatable bonds is 3. The monoisotopic (exact) mass is 267 g/mol. The van der Waals surface area contributed by atoms with Gasteiger partial charge in [-0.05, 0) is 30.3 Å². The lowest BCUT2D eigenvalue weighted by molar-refractivity contribution is 1.12. The molecule has 0 aliphatic heterocycles. The minimum absolute atomic E-state index is 0.703. The van der Waals surface area contributed by atoms with E-state index >= 15 is 0 Å². The number of nitrogen functional groups attached to an aromatic ring is 1. The number of nitrogens with one attached hydrogen (secondary N) is 2. The van der Waals surface area contributed by atoms with E-state index < -0.39 is 0 Å². The topological polar surface area (TPSA) is 70.0 Å². The Morgan fingerprint density at radius 2 is 2.05 bits per heavy atom. The van der Waals surface area contributed by atoms with Crippen molar-refractivity contribution < 1.29 is 0 Å². The van der Waals surface area contributed by atoms with Crippen molar-refractivity contribution in [2.45, 2.75) is 0 Å². The smallest absolute Gasteiger partial charge is 0.0672 e. The van der Waals surface area contributed by atoms with Crippen LogP contribution in [-0.4, -0.2) is 24.3 Å². The standard InChI is InChI=1S/C15H17N5/c1-20(2)12-5-3-4-11(7-12)18-15-8-14-10(6-13(15)16)9-17-19-14/h3-9,18H,16H2,1-2H3,(H,17,19). The van der Waals surface area contributed by atoms with Crippen molar-refractivity contribution in [2.75, 3.05) is 30.0 Å². The summed E-state index contributed by atoms with van der Waals surface area (Å²) in [5.41, 5.74) is 10.8. The molecule has 0 aliphatic rings. The van der Waals surface area contributed by atoms with E-state index in [1.54, 1.807) is 6.20 Å². The highest BCUT2D eigenvalue weighted by atomic mass is 15.1. The molecule has 0 unspecified atom stereocenters. The Bertz CT molecular complexity index is 745. The molecule has 102 valence electrons. The van der Waals surface area contributed by atoms with Crippen LogP contribution in [0.4, 0.5) is 22.7 Å². The molecule has 3 aromatic rings. The fourth-order valence-corrected chi connectivity index (χ4v) is 2.13. The van der Waals surface area contributed by atoms with Crippen LogP contribution in [0, 0.1) is 0 Å². The Morgan fingerprint density at radius 1 is 1.20 bits per heavy atom. The fraction of sp³-hybridized carbons (Fsp3) is 0.133. The number of aromatic nitrogens is 2. The van der Waals surface area contributed by atoms with Crippen molar-refractivity contribution in [1.82, 2.24) is 10.2 Å². The van der Waals surface area contributed by atoms with Gasteiger partial charge in [-0.2, -0.15) is 5.10 Å². The van der Waals surface area contributed by atoms with E-state index in [1.165, 1.54) is 0 Å². The molecule has 0 saturated heterocycles. The van der Waals surface area contributed by atoms with Crippen molar-refractivity contribution in [3.05, 3.63) is 42.6 Å². The van der Waals surface area contributed by atoms with Crippen LogP contribution in [-0.2, 0) is 0 Å². The maximum absolute atomic E-state index is 6.08. The molecular formula is C15H17N5. The number of fused-ring (bicyclic) bond motifs is 1. The van der Waals surface area contributed by atoms with Crippen LogP contribution in [0.1, 0.15) is 0 Å². The summed E-state index contributed by atoms with van der Waals surface area (Å²) in [6, 6.07) is 12.1. The molecule has 0 fully saturated rings. The molecule has 1 aromatic heterocycles. The van der Waals surface area contributed by atoms with Gasteiger partial charge in [0.1, 0.15) is 0 Å². The minimum atomic E-state index is 0.703. The summed E-state index contributed by atoms with van der Waals surface area (Å²) in [5, 5.41) is 11.3. The van der Waals surface area contributed by atoms with Gasteiger partial charge in [-0.3, -0.25) is 5.10 Å². The van der Waals surface area contributed by atoms with Crippen LogP contribution in [0.15, 0.2) is 42.6 Å². The molecule has 20 heavy (non-hydrogen) atoms. The number of H-pyrrole nitrogens is 1. The predicted octanol–water partition coefficient (Wildman–Crippen LogP) is 2.95. The van der Waals surface area contributed by atoms with Gasteiger partial charge < -0.3 is 16.0 Å². The van der Waals surface area contributed by atoms with E-state index in [0.29, 0.717) is 5.69 Å².